The van der Waals surface area contributed by atoms with E-state index in [1.54, 1.807) is 31.2 Å². The Hall–Kier alpha value is -3.67. The summed E-state index contributed by atoms with van der Waals surface area (Å²) in [5.41, 5.74) is 10.5. The summed E-state index contributed by atoms with van der Waals surface area (Å²) in [7, 11) is 0. The number of rotatable bonds is 14. The molecular weight excluding hydrogens is 534 g/mol. The van der Waals surface area contributed by atoms with Crippen molar-refractivity contribution in [2.75, 3.05) is 46.2 Å². The molecular formula is C29H39N3O9. The SMILES string of the molecule is CCOC(=O)c1cccc(CCC2OCCCCO2)c1.CCOC(=O)c1cccc(OCC(N=[N+]=[N-])OCCO)c1. The second kappa shape index (κ2) is 20.2. The fourth-order valence-corrected chi connectivity index (χ4v) is 3.66. The maximum Gasteiger partial charge on any atom is 0.338 e. The second-order valence-electron chi connectivity index (χ2n) is 8.65. The largest absolute Gasteiger partial charge is 0.491 e. The minimum atomic E-state index is -0.853. The molecule has 1 N–H and O–H groups in total. The topological polar surface area (TPSA) is 159 Å². The normalized spacial score (nSPS) is 13.9. The Bertz CT molecular complexity index is 1100. The smallest absolute Gasteiger partial charge is 0.338 e. The molecule has 1 unspecified atom stereocenters. The Kier molecular flexibility index (Phi) is 16.6. The predicted molar refractivity (Wildman–Crippen MR) is 150 cm³/mol. The first-order chi connectivity index (χ1) is 20.0. The van der Waals surface area contributed by atoms with Gasteiger partial charge in [-0.25, -0.2) is 9.59 Å². The van der Waals surface area contributed by atoms with Crippen LogP contribution in [0, 0.1) is 0 Å². The summed E-state index contributed by atoms with van der Waals surface area (Å²) in [6, 6.07) is 14.0. The molecule has 2 aromatic carbocycles. The van der Waals surface area contributed by atoms with Gasteiger partial charge in [-0.1, -0.05) is 23.3 Å². The Morgan fingerprint density at radius 1 is 1.02 bits per heavy atom. The highest BCUT2D eigenvalue weighted by molar-refractivity contribution is 5.90. The summed E-state index contributed by atoms with van der Waals surface area (Å²) in [4.78, 5) is 25.9. The van der Waals surface area contributed by atoms with Crippen LogP contribution in [-0.4, -0.2) is 75.8 Å². The molecule has 1 heterocycles. The molecule has 1 aliphatic heterocycles. The third kappa shape index (κ3) is 13.5. The van der Waals surface area contributed by atoms with E-state index >= 15 is 0 Å². The lowest BCUT2D eigenvalue weighted by Crippen LogP contribution is -2.20. The van der Waals surface area contributed by atoms with Crippen LogP contribution in [-0.2, 0) is 30.1 Å². The number of hydrogen-bond acceptors (Lipinski definition) is 10. The molecule has 41 heavy (non-hydrogen) atoms. The van der Waals surface area contributed by atoms with Crippen molar-refractivity contribution in [1.29, 1.82) is 0 Å². The molecule has 0 amide bonds. The van der Waals surface area contributed by atoms with Gasteiger partial charge in [0.25, 0.3) is 0 Å². The average molecular weight is 574 g/mol. The molecule has 224 valence electrons. The number of aliphatic hydroxyl groups excluding tert-OH is 1. The second-order valence-corrected chi connectivity index (χ2v) is 8.65. The number of aliphatic hydroxyl groups is 1. The first-order valence-corrected chi connectivity index (χ1v) is 13.7. The summed E-state index contributed by atoms with van der Waals surface area (Å²) in [5, 5.41) is 12.1. The summed E-state index contributed by atoms with van der Waals surface area (Å²) in [6.07, 6.45) is 2.80. The molecule has 0 bridgehead atoms. The molecule has 1 fully saturated rings. The van der Waals surface area contributed by atoms with Crippen LogP contribution in [0.25, 0.3) is 10.4 Å². The number of nitrogens with zero attached hydrogens (tertiary/aromatic N) is 3. The molecule has 12 heteroatoms. The van der Waals surface area contributed by atoms with Crippen LogP contribution >= 0.6 is 0 Å². The van der Waals surface area contributed by atoms with Crippen molar-refractivity contribution in [3.63, 3.8) is 0 Å². The van der Waals surface area contributed by atoms with Gasteiger partial charge in [0.05, 0.1) is 37.6 Å². The molecule has 1 aliphatic rings. The van der Waals surface area contributed by atoms with Crippen LogP contribution < -0.4 is 4.74 Å². The number of aryl methyl sites for hydroxylation is 1. The number of esters is 2. The van der Waals surface area contributed by atoms with E-state index in [1.807, 2.05) is 25.1 Å². The molecule has 2 aromatic rings. The third-order valence-electron chi connectivity index (χ3n) is 5.57. The Morgan fingerprint density at radius 2 is 1.66 bits per heavy atom. The number of hydrogen-bond donors (Lipinski definition) is 1. The molecule has 0 saturated carbocycles. The number of carbonyl (C=O) groups excluding carboxylic acids is 2. The van der Waals surface area contributed by atoms with Gasteiger partial charge < -0.3 is 33.5 Å². The summed E-state index contributed by atoms with van der Waals surface area (Å²) < 4.78 is 31.6. The van der Waals surface area contributed by atoms with Gasteiger partial charge in [-0.15, -0.1) is 0 Å². The predicted octanol–water partition coefficient (Wildman–Crippen LogP) is 4.84. The molecule has 0 spiro atoms. The van der Waals surface area contributed by atoms with E-state index in [-0.39, 0.29) is 38.7 Å². The molecule has 3 rings (SSSR count). The molecule has 0 radical (unpaired) electrons. The minimum absolute atomic E-state index is 0.0314. The lowest BCUT2D eigenvalue weighted by molar-refractivity contribution is -0.129. The first-order valence-electron chi connectivity index (χ1n) is 13.7. The molecule has 0 aliphatic carbocycles. The van der Waals surface area contributed by atoms with Crippen molar-refractivity contribution in [2.24, 2.45) is 5.11 Å². The van der Waals surface area contributed by atoms with Crippen LogP contribution in [0.15, 0.2) is 53.6 Å². The van der Waals surface area contributed by atoms with Crippen LogP contribution in [0.3, 0.4) is 0 Å². The monoisotopic (exact) mass is 573 g/mol. The Labute approximate surface area is 240 Å². The van der Waals surface area contributed by atoms with Crippen molar-refractivity contribution >= 4 is 11.9 Å². The fourth-order valence-electron chi connectivity index (χ4n) is 3.66. The lowest BCUT2D eigenvalue weighted by atomic mass is 10.1. The molecule has 0 aromatic heterocycles. The van der Waals surface area contributed by atoms with Crippen LogP contribution in [0.4, 0.5) is 0 Å². The summed E-state index contributed by atoms with van der Waals surface area (Å²) >= 11 is 0. The van der Waals surface area contributed by atoms with Gasteiger partial charge in [0.15, 0.2) is 12.5 Å². The van der Waals surface area contributed by atoms with Crippen molar-refractivity contribution in [2.45, 2.75) is 52.0 Å². The van der Waals surface area contributed by atoms with Gasteiger partial charge in [0.1, 0.15) is 12.4 Å². The van der Waals surface area contributed by atoms with E-state index in [1.165, 1.54) is 6.07 Å². The fraction of sp³-hybridized carbons (Fsp3) is 0.517. The average Bonchev–Trinajstić information content (AvgIpc) is 3.27. The zero-order valence-electron chi connectivity index (χ0n) is 23.6. The van der Waals surface area contributed by atoms with Crippen molar-refractivity contribution in [3.05, 3.63) is 75.7 Å². The number of benzene rings is 2. The van der Waals surface area contributed by atoms with Gasteiger partial charge in [-0.3, -0.25) is 0 Å². The molecule has 1 saturated heterocycles. The third-order valence-corrected chi connectivity index (χ3v) is 5.57. The van der Waals surface area contributed by atoms with Crippen LogP contribution in [0.1, 0.15) is 59.4 Å². The van der Waals surface area contributed by atoms with Gasteiger partial charge in [0.2, 0.25) is 0 Å². The maximum atomic E-state index is 11.7. The Morgan fingerprint density at radius 3 is 2.27 bits per heavy atom. The van der Waals surface area contributed by atoms with E-state index in [0.717, 1.165) is 44.5 Å². The summed E-state index contributed by atoms with van der Waals surface area (Å²) in [5.74, 6) is -0.284. The van der Waals surface area contributed by atoms with Gasteiger partial charge in [-0.05, 0) is 74.5 Å². The van der Waals surface area contributed by atoms with Crippen LogP contribution in [0.2, 0.25) is 0 Å². The van der Waals surface area contributed by atoms with Crippen molar-refractivity contribution in [3.8, 4) is 5.75 Å². The van der Waals surface area contributed by atoms with Gasteiger partial charge in [-0.2, -0.15) is 0 Å². The van der Waals surface area contributed by atoms with E-state index in [4.69, 9.17) is 39.1 Å². The maximum absolute atomic E-state index is 11.7. The van der Waals surface area contributed by atoms with E-state index in [9.17, 15) is 9.59 Å². The zero-order chi connectivity index (χ0) is 29.7. The standard InChI is InChI=1S/C16H22O4.C13H17N3O5/c1-2-18-16(17)14-7-5-6-13(12-14)8-9-15-19-10-3-4-11-20-15;1-2-19-13(18)10-4-3-5-11(8-10)21-9-12(15-16-14)20-7-6-17/h5-7,12,15H,2-4,8-11H2,1H3;3-5,8,12,17H,2,6-7,9H2,1H3. The van der Waals surface area contributed by atoms with Gasteiger partial charge in [0, 0.05) is 24.5 Å². The van der Waals surface area contributed by atoms with E-state index in [0.29, 0.717) is 23.5 Å². The van der Waals surface area contributed by atoms with E-state index < -0.39 is 12.2 Å². The molecule has 12 nitrogen and oxygen atoms in total. The van der Waals surface area contributed by atoms with Gasteiger partial charge >= 0.3 is 11.9 Å². The Balaban J connectivity index is 0.000000287. The van der Waals surface area contributed by atoms with E-state index in [2.05, 4.69) is 10.0 Å². The zero-order valence-corrected chi connectivity index (χ0v) is 23.6. The highest BCUT2D eigenvalue weighted by Crippen LogP contribution is 2.16. The number of carbonyl (C=O) groups is 2. The number of ether oxygens (including phenoxy) is 6. The molecule has 1 atom stereocenters. The highest BCUT2D eigenvalue weighted by atomic mass is 16.7. The highest BCUT2D eigenvalue weighted by Gasteiger charge is 2.14. The van der Waals surface area contributed by atoms with Crippen molar-refractivity contribution < 1.29 is 43.1 Å². The quantitative estimate of drug-likeness (QED) is 0.144. The first kappa shape index (κ1) is 33.5. The van der Waals surface area contributed by atoms with Crippen molar-refractivity contribution in [1.82, 2.24) is 0 Å². The summed E-state index contributed by atoms with van der Waals surface area (Å²) in [6.45, 7) is 5.58. The lowest BCUT2D eigenvalue weighted by Gasteiger charge is -2.15. The van der Waals surface area contributed by atoms with Crippen LogP contribution in [0.5, 0.6) is 5.75 Å². The minimum Gasteiger partial charge on any atom is -0.491 e. The number of azide groups is 1.